The van der Waals surface area contributed by atoms with Gasteiger partial charge in [0, 0.05) is 36.5 Å². The highest BCUT2D eigenvalue weighted by molar-refractivity contribution is 6.17. The van der Waals surface area contributed by atoms with Crippen LogP contribution in [0.5, 0.6) is 0 Å². The zero-order chi connectivity index (χ0) is 10.5. The summed E-state index contributed by atoms with van der Waals surface area (Å²) in [5, 5.41) is 0. The first kappa shape index (κ1) is 10.7. The van der Waals surface area contributed by atoms with Gasteiger partial charge in [0.2, 0.25) is 0 Å². The monoisotopic (exact) mass is 224 g/mol. The van der Waals surface area contributed by atoms with Crippen molar-refractivity contribution in [2.24, 2.45) is 0 Å². The Hall–Kier alpha value is -0.760. The molecule has 1 aliphatic heterocycles. The minimum absolute atomic E-state index is 0.624. The summed E-state index contributed by atoms with van der Waals surface area (Å²) in [6, 6.07) is 4.80. The summed E-state index contributed by atoms with van der Waals surface area (Å²) < 4.78 is 0. The molecule has 0 spiro atoms. The van der Waals surface area contributed by atoms with Gasteiger partial charge >= 0.3 is 0 Å². The predicted octanol–water partition coefficient (Wildman–Crippen LogP) is 3.07. The van der Waals surface area contributed by atoms with Gasteiger partial charge in [0.25, 0.3) is 0 Å². The third-order valence-electron chi connectivity index (χ3n) is 3.06. The van der Waals surface area contributed by atoms with Crippen molar-refractivity contribution in [2.75, 3.05) is 17.3 Å². The smallest absolute Gasteiger partial charge is 0.0399 e. The molecule has 1 aromatic heterocycles. The van der Waals surface area contributed by atoms with Crippen molar-refractivity contribution in [3.8, 4) is 0 Å². The molecule has 0 saturated carbocycles. The molecule has 2 rings (SSSR count). The third kappa shape index (κ3) is 2.63. The predicted molar refractivity (Wildman–Crippen MR) is 64.6 cm³/mol. The van der Waals surface area contributed by atoms with Crippen LogP contribution < -0.4 is 4.90 Å². The highest BCUT2D eigenvalue weighted by Gasteiger charge is 2.21. The number of halogens is 1. The number of aromatic nitrogens is 1. The molecule has 1 aliphatic rings. The molecular formula is C12H17ClN2. The fourth-order valence-electron chi connectivity index (χ4n) is 2.30. The fourth-order valence-corrected chi connectivity index (χ4v) is 2.55. The van der Waals surface area contributed by atoms with Crippen molar-refractivity contribution in [3.63, 3.8) is 0 Å². The number of hydrogen-bond acceptors (Lipinski definition) is 2. The van der Waals surface area contributed by atoms with Crippen molar-refractivity contribution in [2.45, 2.75) is 31.7 Å². The molecule has 1 unspecified atom stereocenters. The lowest BCUT2D eigenvalue weighted by Gasteiger charge is -2.37. The molecule has 1 aromatic rings. The van der Waals surface area contributed by atoms with Crippen molar-refractivity contribution in [3.05, 3.63) is 24.5 Å². The van der Waals surface area contributed by atoms with E-state index in [0.717, 1.165) is 18.8 Å². The Kier molecular flexibility index (Phi) is 3.84. The highest BCUT2D eigenvalue weighted by Crippen LogP contribution is 2.25. The van der Waals surface area contributed by atoms with Crippen LogP contribution in [0, 0.1) is 0 Å². The Morgan fingerprint density at radius 1 is 1.33 bits per heavy atom. The molecule has 0 radical (unpaired) electrons. The average Bonchev–Trinajstić information content (AvgIpc) is 2.31. The number of rotatable bonds is 3. The van der Waals surface area contributed by atoms with Gasteiger partial charge in [0.1, 0.15) is 0 Å². The van der Waals surface area contributed by atoms with Gasteiger partial charge in [-0.2, -0.15) is 0 Å². The first-order valence-corrected chi connectivity index (χ1v) is 6.18. The largest absolute Gasteiger partial charge is 0.368 e. The zero-order valence-electron chi connectivity index (χ0n) is 8.90. The lowest BCUT2D eigenvalue weighted by atomic mass is 9.99. The van der Waals surface area contributed by atoms with Gasteiger partial charge in [0.15, 0.2) is 0 Å². The zero-order valence-corrected chi connectivity index (χ0v) is 9.66. The quantitative estimate of drug-likeness (QED) is 0.734. The summed E-state index contributed by atoms with van der Waals surface area (Å²) >= 11 is 5.85. The molecule has 2 heterocycles. The van der Waals surface area contributed by atoms with E-state index >= 15 is 0 Å². The van der Waals surface area contributed by atoms with E-state index in [4.69, 9.17) is 11.6 Å². The molecule has 1 atom stereocenters. The summed E-state index contributed by atoms with van der Waals surface area (Å²) in [5.74, 6) is 0.756. The summed E-state index contributed by atoms with van der Waals surface area (Å²) in [4.78, 5) is 6.54. The van der Waals surface area contributed by atoms with Gasteiger partial charge < -0.3 is 4.90 Å². The minimum atomic E-state index is 0.624. The van der Waals surface area contributed by atoms with E-state index in [-0.39, 0.29) is 0 Å². The molecule has 0 N–H and O–H groups in total. The Morgan fingerprint density at radius 3 is 2.87 bits per heavy atom. The van der Waals surface area contributed by atoms with Gasteiger partial charge in [0.05, 0.1) is 0 Å². The number of alkyl halides is 1. The van der Waals surface area contributed by atoms with Crippen LogP contribution in [0.25, 0.3) is 0 Å². The van der Waals surface area contributed by atoms with Crippen LogP contribution in [0.1, 0.15) is 25.7 Å². The van der Waals surface area contributed by atoms with E-state index in [2.05, 4.69) is 22.0 Å². The topological polar surface area (TPSA) is 16.1 Å². The Labute approximate surface area is 96.3 Å². The lowest BCUT2D eigenvalue weighted by molar-refractivity contribution is 0.451. The van der Waals surface area contributed by atoms with E-state index in [1.807, 2.05) is 12.4 Å². The molecule has 1 fully saturated rings. The number of pyridine rings is 1. The van der Waals surface area contributed by atoms with Crippen LogP contribution in [-0.4, -0.2) is 23.5 Å². The molecule has 3 heteroatoms. The number of nitrogens with zero attached hydrogens (tertiary/aromatic N) is 2. The SMILES string of the molecule is ClCCC1CCCCN1c1ccncc1. The summed E-state index contributed by atoms with van der Waals surface area (Å²) in [6.45, 7) is 1.16. The first-order valence-electron chi connectivity index (χ1n) is 5.64. The van der Waals surface area contributed by atoms with Crippen LogP contribution in [-0.2, 0) is 0 Å². The third-order valence-corrected chi connectivity index (χ3v) is 3.28. The van der Waals surface area contributed by atoms with E-state index in [0.29, 0.717) is 6.04 Å². The van der Waals surface area contributed by atoms with Gasteiger partial charge in [-0.3, -0.25) is 4.98 Å². The van der Waals surface area contributed by atoms with Gasteiger partial charge in [-0.25, -0.2) is 0 Å². The second-order valence-corrected chi connectivity index (χ2v) is 4.40. The van der Waals surface area contributed by atoms with Crippen molar-refractivity contribution < 1.29 is 0 Å². The maximum atomic E-state index is 5.85. The van der Waals surface area contributed by atoms with Crippen molar-refractivity contribution in [1.29, 1.82) is 0 Å². The maximum absolute atomic E-state index is 5.85. The standard InChI is InChI=1S/C12H17ClN2/c13-7-4-11-3-1-2-10-15(11)12-5-8-14-9-6-12/h5-6,8-9,11H,1-4,7,10H2. The van der Waals surface area contributed by atoms with E-state index in [1.54, 1.807) is 0 Å². The second kappa shape index (κ2) is 5.36. The van der Waals surface area contributed by atoms with Crippen LogP contribution in [0.15, 0.2) is 24.5 Å². The number of hydrogen-bond donors (Lipinski definition) is 0. The van der Waals surface area contributed by atoms with Crippen LogP contribution in [0.2, 0.25) is 0 Å². The van der Waals surface area contributed by atoms with Crippen molar-refractivity contribution >= 4 is 17.3 Å². The van der Waals surface area contributed by atoms with E-state index < -0.39 is 0 Å². The summed E-state index contributed by atoms with van der Waals surface area (Å²) in [5.41, 5.74) is 1.29. The summed E-state index contributed by atoms with van der Waals surface area (Å²) in [6.07, 6.45) is 8.71. The molecule has 0 amide bonds. The number of anilines is 1. The summed E-state index contributed by atoms with van der Waals surface area (Å²) in [7, 11) is 0. The van der Waals surface area contributed by atoms with Crippen molar-refractivity contribution in [1.82, 2.24) is 4.98 Å². The second-order valence-electron chi connectivity index (χ2n) is 4.03. The molecule has 2 nitrogen and oxygen atoms in total. The van der Waals surface area contributed by atoms with Gasteiger partial charge in [-0.15, -0.1) is 11.6 Å². The molecular weight excluding hydrogens is 208 g/mol. The van der Waals surface area contributed by atoms with E-state index in [9.17, 15) is 0 Å². The van der Waals surface area contributed by atoms with Crippen LogP contribution >= 0.6 is 11.6 Å². The molecule has 15 heavy (non-hydrogen) atoms. The first-order chi connectivity index (χ1) is 7.42. The van der Waals surface area contributed by atoms with Crippen LogP contribution in [0.3, 0.4) is 0 Å². The Bertz CT molecular complexity index is 287. The maximum Gasteiger partial charge on any atom is 0.0399 e. The molecule has 1 saturated heterocycles. The number of piperidine rings is 1. The highest BCUT2D eigenvalue weighted by atomic mass is 35.5. The fraction of sp³-hybridized carbons (Fsp3) is 0.583. The Morgan fingerprint density at radius 2 is 2.13 bits per heavy atom. The molecule has 82 valence electrons. The van der Waals surface area contributed by atoms with Crippen LogP contribution in [0.4, 0.5) is 5.69 Å². The van der Waals surface area contributed by atoms with Gasteiger partial charge in [-0.05, 0) is 37.8 Å². The molecule has 0 bridgehead atoms. The minimum Gasteiger partial charge on any atom is -0.368 e. The van der Waals surface area contributed by atoms with E-state index in [1.165, 1.54) is 24.9 Å². The molecule has 0 aliphatic carbocycles. The average molecular weight is 225 g/mol. The van der Waals surface area contributed by atoms with Gasteiger partial charge in [-0.1, -0.05) is 0 Å². The Balaban J connectivity index is 2.11. The normalized spacial score (nSPS) is 21.7. The lowest BCUT2D eigenvalue weighted by Crippen LogP contribution is -2.39. The molecule has 0 aromatic carbocycles.